The van der Waals surface area contributed by atoms with Crippen molar-refractivity contribution in [2.24, 2.45) is 11.8 Å². The fourth-order valence-corrected chi connectivity index (χ4v) is 1.56. The zero-order valence-corrected chi connectivity index (χ0v) is 9.27. The van der Waals surface area contributed by atoms with E-state index < -0.39 is 0 Å². The highest BCUT2D eigenvalue weighted by molar-refractivity contribution is 5.76. The van der Waals surface area contributed by atoms with Gasteiger partial charge in [-0.25, -0.2) is 0 Å². The standard InChI is InChI=1S/C14H14O2/c1-2-16-14(15)13-10-12(13)9-8-11-6-4-3-5-7-11/h3-7,12-13H,2,10H2,1H3/t12-,13+/m0/s1. The van der Waals surface area contributed by atoms with Crippen LogP contribution in [0, 0.1) is 23.7 Å². The summed E-state index contributed by atoms with van der Waals surface area (Å²) in [6, 6.07) is 9.81. The van der Waals surface area contributed by atoms with Gasteiger partial charge < -0.3 is 4.74 Å². The first-order chi connectivity index (χ1) is 7.81. The molecule has 1 saturated carbocycles. The first kappa shape index (κ1) is 10.8. The summed E-state index contributed by atoms with van der Waals surface area (Å²) >= 11 is 0. The Morgan fingerprint density at radius 1 is 1.44 bits per heavy atom. The second-order valence-corrected chi connectivity index (χ2v) is 3.84. The van der Waals surface area contributed by atoms with E-state index in [-0.39, 0.29) is 17.8 Å². The van der Waals surface area contributed by atoms with Crippen molar-refractivity contribution < 1.29 is 9.53 Å². The molecule has 16 heavy (non-hydrogen) atoms. The molecule has 0 unspecified atom stereocenters. The van der Waals surface area contributed by atoms with Gasteiger partial charge in [0.1, 0.15) is 0 Å². The van der Waals surface area contributed by atoms with Crippen LogP contribution in [0.15, 0.2) is 30.3 Å². The Kier molecular flexibility index (Phi) is 3.26. The summed E-state index contributed by atoms with van der Waals surface area (Å²) in [5.41, 5.74) is 0.997. The van der Waals surface area contributed by atoms with Gasteiger partial charge in [-0.1, -0.05) is 30.0 Å². The van der Waals surface area contributed by atoms with E-state index in [2.05, 4.69) is 11.8 Å². The number of rotatable bonds is 2. The minimum atomic E-state index is -0.102. The predicted octanol–water partition coefficient (Wildman–Crippen LogP) is 2.24. The van der Waals surface area contributed by atoms with Crippen LogP contribution in [-0.4, -0.2) is 12.6 Å². The van der Waals surface area contributed by atoms with E-state index >= 15 is 0 Å². The molecule has 0 saturated heterocycles. The number of ether oxygens (including phenoxy) is 1. The van der Waals surface area contributed by atoms with Gasteiger partial charge in [0.25, 0.3) is 0 Å². The van der Waals surface area contributed by atoms with E-state index in [1.807, 2.05) is 37.3 Å². The molecule has 2 atom stereocenters. The summed E-state index contributed by atoms with van der Waals surface area (Å²) < 4.78 is 4.94. The highest BCUT2D eigenvalue weighted by Gasteiger charge is 2.43. The Morgan fingerprint density at radius 3 is 2.88 bits per heavy atom. The molecule has 0 spiro atoms. The minimum absolute atomic E-state index is 0.0103. The molecule has 1 aromatic carbocycles. The van der Waals surface area contributed by atoms with Gasteiger partial charge in [-0.3, -0.25) is 4.79 Å². The lowest BCUT2D eigenvalue weighted by atomic mass is 10.2. The average molecular weight is 214 g/mol. The summed E-state index contributed by atoms with van der Waals surface area (Å²) in [6.45, 7) is 2.28. The largest absolute Gasteiger partial charge is 0.466 e. The molecule has 1 aliphatic carbocycles. The van der Waals surface area contributed by atoms with Gasteiger partial charge in [0.05, 0.1) is 12.5 Å². The molecule has 0 heterocycles. The third-order valence-electron chi connectivity index (χ3n) is 2.56. The second kappa shape index (κ2) is 4.85. The lowest BCUT2D eigenvalue weighted by molar-refractivity contribution is -0.144. The molecule has 0 amide bonds. The SMILES string of the molecule is CCOC(=O)[C@@H]1C[C@@H]1C#Cc1ccccc1. The smallest absolute Gasteiger partial charge is 0.310 e. The van der Waals surface area contributed by atoms with Crippen molar-refractivity contribution in [3.05, 3.63) is 35.9 Å². The first-order valence-electron chi connectivity index (χ1n) is 5.54. The Balaban J connectivity index is 1.90. The Morgan fingerprint density at radius 2 is 2.19 bits per heavy atom. The average Bonchev–Trinajstić information content (AvgIpc) is 3.08. The van der Waals surface area contributed by atoms with E-state index in [4.69, 9.17) is 4.74 Å². The quantitative estimate of drug-likeness (QED) is 0.557. The van der Waals surface area contributed by atoms with Gasteiger partial charge in [0.2, 0.25) is 0 Å². The van der Waals surface area contributed by atoms with E-state index in [0.29, 0.717) is 6.61 Å². The Labute approximate surface area is 95.6 Å². The van der Waals surface area contributed by atoms with Crippen molar-refractivity contribution >= 4 is 5.97 Å². The van der Waals surface area contributed by atoms with Gasteiger partial charge in [0, 0.05) is 11.5 Å². The minimum Gasteiger partial charge on any atom is -0.466 e. The fourth-order valence-electron chi connectivity index (χ4n) is 1.56. The van der Waals surface area contributed by atoms with Gasteiger partial charge in [-0.05, 0) is 25.5 Å². The Hall–Kier alpha value is -1.75. The fraction of sp³-hybridized carbons (Fsp3) is 0.357. The number of hydrogen-bond donors (Lipinski definition) is 0. The maximum atomic E-state index is 11.3. The predicted molar refractivity (Wildman–Crippen MR) is 61.6 cm³/mol. The molecule has 1 aromatic rings. The van der Waals surface area contributed by atoms with Crippen LogP contribution >= 0.6 is 0 Å². The van der Waals surface area contributed by atoms with Crippen molar-refractivity contribution in [2.75, 3.05) is 6.61 Å². The van der Waals surface area contributed by atoms with Crippen molar-refractivity contribution in [1.29, 1.82) is 0 Å². The summed E-state index contributed by atoms with van der Waals surface area (Å²) in [6.07, 6.45) is 0.846. The molecule has 82 valence electrons. The van der Waals surface area contributed by atoms with Crippen LogP contribution in [0.3, 0.4) is 0 Å². The van der Waals surface area contributed by atoms with Crippen molar-refractivity contribution in [3.63, 3.8) is 0 Å². The second-order valence-electron chi connectivity index (χ2n) is 3.84. The maximum Gasteiger partial charge on any atom is 0.310 e. The zero-order chi connectivity index (χ0) is 11.4. The molecular formula is C14H14O2. The highest BCUT2D eigenvalue weighted by atomic mass is 16.5. The number of hydrogen-bond acceptors (Lipinski definition) is 2. The summed E-state index contributed by atoms with van der Waals surface area (Å²) in [5, 5.41) is 0. The molecule has 0 bridgehead atoms. The van der Waals surface area contributed by atoms with E-state index in [1.165, 1.54) is 0 Å². The zero-order valence-electron chi connectivity index (χ0n) is 9.27. The van der Waals surface area contributed by atoms with Crippen molar-refractivity contribution in [2.45, 2.75) is 13.3 Å². The van der Waals surface area contributed by atoms with Crippen LogP contribution in [-0.2, 0) is 9.53 Å². The molecule has 2 nitrogen and oxygen atoms in total. The summed E-state index contributed by atoms with van der Waals surface area (Å²) in [4.78, 5) is 11.3. The molecular weight excluding hydrogens is 200 g/mol. The molecule has 0 N–H and O–H groups in total. The monoisotopic (exact) mass is 214 g/mol. The van der Waals surface area contributed by atoms with Crippen LogP contribution in [0.1, 0.15) is 18.9 Å². The van der Waals surface area contributed by atoms with E-state index in [9.17, 15) is 4.79 Å². The molecule has 0 radical (unpaired) electrons. The van der Waals surface area contributed by atoms with Crippen LogP contribution in [0.5, 0.6) is 0 Å². The van der Waals surface area contributed by atoms with Crippen LogP contribution in [0.4, 0.5) is 0 Å². The third-order valence-corrected chi connectivity index (χ3v) is 2.56. The van der Waals surface area contributed by atoms with Crippen molar-refractivity contribution in [1.82, 2.24) is 0 Å². The molecule has 2 rings (SSSR count). The topological polar surface area (TPSA) is 26.3 Å². The number of carbonyl (C=O) groups is 1. The lowest BCUT2D eigenvalue weighted by Crippen LogP contribution is -2.07. The Bertz CT molecular complexity index is 425. The van der Waals surface area contributed by atoms with Gasteiger partial charge in [-0.2, -0.15) is 0 Å². The highest BCUT2D eigenvalue weighted by Crippen LogP contribution is 2.38. The lowest BCUT2D eigenvalue weighted by Gasteiger charge is -1.97. The van der Waals surface area contributed by atoms with Crippen LogP contribution in [0.2, 0.25) is 0 Å². The normalized spacial score (nSPS) is 21.8. The first-order valence-corrected chi connectivity index (χ1v) is 5.54. The molecule has 1 fully saturated rings. The van der Waals surface area contributed by atoms with Crippen molar-refractivity contribution in [3.8, 4) is 11.8 Å². The number of esters is 1. The van der Waals surface area contributed by atoms with E-state index in [1.54, 1.807) is 0 Å². The molecule has 0 aromatic heterocycles. The maximum absolute atomic E-state index is 11.3. The third kappa shape index (κ3) is 2.64. The van der Waals surface area contributed by atoms with Crippen LogP contribution in [0.25, 0.3) is 0 Å². The molecule has 1 aliphatic rings. The molecule has 0 aliphatic heterocycles. The number of benzene rings is 1. The van der Waals surface area contributed by atoms with Crippen LogP contribution < -0.4 is 0 Å². The number of carbonyl (C=O) groups excluding carboxylic acids is 1. The molecule has 2 heteroatoms. The van der Waals surface area contributed by atoms with Gasteiger partial charge in [-0.15, -0.1) is 0 Å². The van der Waals surface area contributed by atoms with Gasteiger partial charge >= 0.3 is 5.97 Å². The summed E-state index contributed by atoms with van der Waals surface area (Å²) in [7, 11) is 0. The van der Waals surface area contributed by atoms with Gasteiger partial charge in [0.15, 0.2) is 0 Å². The summed E-state index contributed by atoms with van der Waals surface area (Å²) in [5.74, 6) is 6.29. The van der Waals surface area contributed by atoms with E-state index in [0.717, 1.165) is 12.0 Å².